The minimum absolute atomic E-state index is 0.562. The van der Waals surface area contributed by atoms with Crippen LogP contribution >= 0.6 is 34.7 Å². The molecule has 0 aromatic carbocycles. The Bertz CT molecular complexity index is 371. The Morgan fingerprint density at radius 3 is 3.15 bits per heavy atom. The van der Waals surface area contributed by atoms with Crippen molar-refractivity contribution in [1.82, 2.24) is 4.98 Å². The Morgan fingerprint density at radius 1 is 1.62 bits per heavy atom. The topological polar surface area (TPSA) is 26.0 Å². The smallest absolute Gasteiger partial charge is 0.152 e. The standard InChI is InChI=1S/C8H6ClNOS2/c9-7-5-13-8(10-7)12-4-6-2-1-3-11-6/h1-3,5H,4H2. The van der Waals surface area contributed by atoms with Gasteiger partial charge < -0.3 is 4.42 Å². The third kappa shape index (κ3) is 2.49. The van der Waals surface area contributed by atoms with Crippen LogP contribution in [0.5, 0.6) is 0 Å². The highest BCUT2D eigenvalue weighted by Gasteiger charge is 2.02. The molecule has 0 atom stereocenters. The molecule has 0 aliphatic rings. The van der Waals surface area contributed by atoms with Crippen LogP contribution in [0.3, 0.4) is 0 Å². The van der Waals surface area contributed by atoms with Gasteiger partial charge in [-0.05, 0) is 12.1 Å². The van der Waals surface area contributed by atoms with Crippen LogP contribution in [0, 0.1) is 0 Å². The van der Waals surface area contributed by atoms with Crippen molar-refractivity contribution in [2.45, 2.75) is 10.1 Å². The number of hydrogen-bond donors (Lipinski definition) is 0. The maximum Gasteiger partial charge on any atom is 0.152 e. The number of rotatable bonds is 3. The van der Waals surface area contributed by atoms with Crippen molar-refractivity contribution in [3.05, 3.63) is 34.7 Å². The Kier molecular flexibility index (Phi) is 2.93. The highest BCUT2D eigenvalue weighted by atomic mass is 35.5. The largest absolute Gasteiger partial charge is 0.468 e. The van der Waals surface area contributed by atoms with Crippen LogP contribution in [0.15, 0.2) is 32.5 Å². The molecule has 2 aromatic heterocycles. The molecule has 0 bridgehead atoms. The summed E-state index contributed by atoms with van der Waals surface area (Å²) in [6.07, 6.45) is 1.67. The third-order valence-electron chi connectivity index (χ3n) is 1.37. The first kappa shape index (κ1) is 9.12. The number of halogens is 1. The van der Waals surface area contributed by atoms with Crippen molar-refractivity contribution in [2.75, 3.05) is 0 Å². The minimum atomic E-state index is 0.562. The molecule has 2 nitrogen and oxygen atoms in total. The molecule has 0 aliphatic heterocycles. The van der Waals surface area contributed by atoms with Gasteiger partial charge in [-0.15, -0.1) is 11.3 Å². The van der Waals surface area contributed by atoms with E-state index in [1.54, 1.807) is 29.4 Å². The van der Waals surface area contributed by atoms with Crippen LogP contribution in [0.1, 0.15) is 5.76 Å². The molecule has 13 heavy (non-hydrogen) atoms. The van der Waals surface area contributed by atoms with Gasteiger partial charge in [0.2, 0.25) is 0 Å². The van der Waals surface area contributed by atoms with Gasteiger partial charge in [-0.1, -0.05) is 23.4 Å². The van der Waals surface area contributed by atoms with E-state index in [0.717, 1.165) is 15.9 Å². The molecule has 68 valence electrons. The number of aromatic nitrogens is 1. The summed E-state index contributed by atoms with van der Waals surface area (Å²) in [7, 11) is 0. The van der Waals surface area contributed by atoms with Crippen molar-refractivity contribution in [1.29, 1.82) is 0 Å². The molecule has 2 aromatic rings. The van der Waals surface area contributed by atoms with E-state index in [2.05, 4.69) is 4.98 Å². The quantitative estimate of drug-likeness (QED) is 0.754. The van der Waals surface area contributed by atoms with Gasteiger partial charge in [-0.25, -0.2) is 4.98 Å². The van der Waals surface area contributed by atoms with Gasteiger partial charge in [0, 0.05) is 5.38 Å². The maximum absolute atomic E-state index is 5.68. The van der Waals surface area contributed by atoms with E-state index in [0.29, 0.717) is 5.15 Å². The van der Waals surface area contributed by atoms with Crippen LogP contribution in [-0.2, 0) is 5.75 Å². The van der Waals surface area contributed by atoms with E-state index in [1.807, 2.05) is 17.5 Å². The molecule has 0 unspecified atom stereocenters. The number of furan rings is 1. The molecule has 5 heteroatoms. The van der Waals surface area contributed by atoms with E-state index in [-0.39, 0.29) is 0 Å². The Balaban J connectivity index is 1.93. The second-order valence-corrected chi connectivity index (χ2v) is 4.77. The number of thiazole rings is 1. The van der Waals surface area contributed by atoms with E-state index in [9.17, 15) is 0 Å². The molecule has 0 saturated heterocycles. The molecule has 0 aliphatic carbocycles. The fourth-order valence-electron chi connectivity index (χ4n) is 0.833. The zero-order valence-corrected chi connectivity index (χ0v) is 8.96. The normalized spacial score (nSPS) is 10.5. The fraction of sp³-hybridized carbons (Fsp3) is 0.125. The lowest BCUT2D eigenvalue weighted by Gasteiger charge is -1.91. The van der Waals surface area contributed by atoms with Gasteiger partial charge in [0.1, 0.15) is 10.9 Å². The van der Waals surface area contributed by atoms with Crippen molar-refractivity contribution in [3.8, 4) is 0 Å². The molecule has 0 radical (unpaired) electrons. The van der Waals surface area contributed by atoms with Crippen molar-refractivity contribution < 1.29 is 4.42 Å². The monoisotopic (exact) mass is 231 g/mol. The maximum atomic E-state index is 5.68. The number of hydrogen-bond acceptors (Lipinski definition) is 4. The molecule has 0 fully saturated rings. The molecule has 2 rings (SSSR count). The lowest BCUT2D eigenvalue weighted by atomic mass is 10.5. The highest BCUT2D eigenvalue weighted by molar-refractivity contribution is 8.00. The van der Waals surface area contributed by atoms with Gasteiger partial charge in [-0.2, -0.15) is 0 Å². The minimum Gasteiger partial charge on any atom is -0.468 e. The van der Waals surface area contributed by atoms with Gasteiger partial charge >= 0.3 is 0 Å². The zero-order chi connectivity index (χ0) is 9.10. The summed E-state index contributed by atoms with van der Waals surface area (Å²) in [5.41, 5.74) is 0. The molecule has 0 saturated carbocycles. The molecule has 0 spiro atoms. The first-order valence-corrected chi connectivity index (χ1v) is 5.85. The highest BCUT2D eigenvalue weighted by Crippen LogP contribution is 2.27. The summed E-state index contributed by atoms with van der Waals surface area (Å²) < 4.78 is 6.16. The van der Waals surface area contributed by atoms with Crippen molar-refractivity contribution in [2.24, 2.45) is 0 Å². The van der Waals surface area contributed by atoms with Crippen LogP contribution < -0.4 is 0 Å². The molecular weight excluding hydrogens is 226 g/mol. The zero-order valence-electron chi connectivity index (χ0n) is 6.57. The van der Waals surface area contributed by atoms with Gasteiger partial charge in [0.25, 0.3) is 0 Å². The van der Waals surface area contributed by atoms with Crippen LogP contribution in [0.2, 0.25) is 5.15 Å². The number of nitrogens with zero attached hydrogens (tertiary/aromatic N) is 1. The number of thioether (sulfide) groups is 1. The van der Waals surface area contributed by atoms with Crippen LogP contribution in [-0.4, -0.2) is 4.98 Å². The summed E-state index contributed by atoms with van der Waals surface area (Å²) >= 11 is 8.86. The average molecular weight is 232 g/mol. The summed E-state index contributed by atoms with van der Waals surface area (Å²) in [6, 6.07) is 3.83. The van der Waals surface area contributed by atoms with Crippen LogP contribution in [0.4, 0.5) is 0 Å². The van der Waals surface area contributed by atoms with Gasteiger partial charge in [-0.3, -0.25) is 0 Å². The first-order chi connectivity index (χ1) is 6.34. The Hall–Kier alpha value is -0.450. The van der Waals surface area contributed by atoms with E-state index in [4.69, 9.17) is 16.0 Å². The molecule has 0 amide bonds. The Morgan fingerprint density at radius 2 is 2.54 bits per heavy atom. The lowest BCUT2D eigenvalue weighted by molar-refractivity contribution is 0.530. The van der Waals surface area contributed by atoms with Crippen LogP contribution in [0.25, 0.3) is 0 Å². The molecule has 0 N–H and O–H groups in total. The summed E-state index contributed by atoms with van der Waals surface area (Å²) in [5, 5.41) is 2.39. The first-order valence-electron chi connectivity index (χ1n) is 3.61. The molecule has 2 heterocycles. The summed E-state index contributed by atoms with van der Waals surface area (Å²) in [6.45, 7) is 0. The van der Waals surface area contributed by atoms with Crippen molar-refractivity contribution >= 4 is 34.7 Å². The third-order valence-corrected chi connectivity index (χ3v) is 3.74. The second kappa shape index (κ2) is 4.17. The van der Waals surface area contributed by atoms with E-state index in [1.165, 1.54) is 0 Å². The Labute approximate surface area is 88.9 Å². The fourth-order valence-corrected chi connectivity index (χ4v) is 2.74. The van der Waals surface area contributed by atoms with E-state index >= 15 is 0 Å². The predicted octanol–water partition coefficient (Wildman–Crippen LogP) is 3.68. The second-order valence-electron chi connectivity index (χ2n) is 2.30. The summed E-state index contributed by atoms with van der Waals surface area (Å²) in [5.74, 6) is 1.76. The predicted molar refractivity (Wildman–Crippen MR) is 55.4 cm³/mol. The van der Waals surface area contributed by atoms with Gasteiger partial charge in [0.15, 0.2) is 4.34 Å². The van der Waals surface area contributed by atoms with Crippen molar-refractivity contribution in [3.63, 3.8) is 0 Å². The molecular formula is C8H6ClNOS2. The van der Waals surface area contributed by atoms with Gasteiger partial charge in [0.05, 0.1) is 12.0 Å². The summed E-state index contributed by atoms with van der Waals surface area (Å²) in [4.78, 5) is 4.12. The SMILES string of the molecule is Clc1csc(SCc2ccco2)n1. The lowest BCUT2D eigenvalue weighted by Crippen LogP contribution is -1.74. The van der Waals surface area contributed by atoms with E-state index < -0.39 is 0 Å². The average Bonchev–Trinajstić information content (AvgIpc) is 2.71.